The van der Waals surface area contributed by atoms with E-state index >= 15 is 0 Å². The zero-order valence-electron chi connectivity index (χ0n) is 8.79. The number of esters is 1. The first-order chi connectivity index (χ1) is 7.65. The van der Waals surface area contributed by atoms with Gasteiger partial charge in [-0.15, -0.1) is 0 Å². The number of benzene rings is 1. The molecule has 0 atom stereocenters. The van der Waals surface area contributed by atoms with Gasteiger partial charge in [0.25, 0.3) is 0 Å². The number of ether oxygens (including phenoxy) is 1. The minimum Gasteiger partial charge on any atom is -0.469 e. The van der Waals surface area contributed by atoms with Crippen LogP contribution in [-0.2, 0) is 9.53 Å². The van der Waals surface area contributed by atoms with Gasteiger partial charge in [0.2, 0.25) is 0 Å². The lowest BCUT2D eigenvalue weighted by Crippen LogP contribution is -2.09. The Hall–Kier alpha value is -1.54. The topological polar surface area (TPSA) is 62.1 Å². The van der Waals surface area contributed by atoms with E-state index in [0.717, 1.165) is 10.2 Å². The number of hydrogen-bond acceptors (Lipinski definition) is 4. The van der Waals surface area contributed by atoms with Gasteiger partial charge in [-0.05, 0) is 18.2 Å². The van der Waals surface area contributed by atoms with Crippen molar-refractivity contribution in [3.05, 3.63) is 28.2 Å². The summed E-state index contributed by atoms with van der Waals surface area (Å²) < 4.78 is 5.34. The Kier molecular flexibility index (Phi) is 4.80. The monoisotopic (exact) mass is 282 g/mol. The number of methoxy groups -OCH3 is 1. The summed E-state index contributed by atoms with van der Waals surface area (Å²) in [4.78, 5) is 10.9. The van der Waals surface area contributed by atoms with Crippen LogP contribution in [0.3, 0.4) is 0 Å². The molecule has 0 spiro atoms. The fraction of sp³-hybridized carbons (Fsp3) is 0.273. The molecule has 0 fully saturated rings. The summed E-state index contributed by atoms with van der Waals surface area (Å²) in [5, 5.41) is 11.8. The zero-order valence-corrected chi connectivity index (χ0v) is 10.4. The number of rotatable bonds is 4. The maximum Gasteiger partial charge on any atom is 0.307 e. The molecule has 0 heterocycles. The number of nitriles is 1. The Balaban J connectivity index is 2.57. The van der Waals surface area contributed by atoms with Crippen molar-refractivity contribution in [3.8, 4) is 6.07 Å². The molecule has 0 saturated carbocycles. The molecule has 0 aliphatic heterocycles. The van der Waals surface area contributed by atoms with Gasteiger partial charge in [-0.3, -0.25) is 4.79 Å². The fourth-order valence-corrected chi connectivity index (χ4v) is 1.66. The van der Waals surface area contributed by atoms with E-state index in [1.807, 2.05) is 6.07 Å². The van der Waals surface area contributed by atoms with Crippen molar-refractivity contribution in [2.24, 2.45) is 0 Å². The van der Waals surface area contributed by atoms with E-state index in [1.54, 1.807) is 12.1 Å². The van der Waals surface area contributed by atoms with E-state index in [9.17, 15) is 4.79 Å². The van der Waals surface area contributed by atoms with E-state index in [4.69, 9.17) is 5.26 Å². The number of hydrogen-bond donors (Lipinski definition) is 1. The highest BCUT2D eigenvalue weighted by Crippen LogP contribution is 2.19. The Labute approximate surface area is 102 Å². The van der Waals surface area contributed by atoms with Crippen molar-refractivity contribution in [2.45, 2.75) is 6.42 Å². The van der Waals surface area contributed by atoms with Crippen LogP contribution >= 0.6 is 15.9 Å². The Morgan fingerprint density at radius 3 is 2.94 bits per heavy atom. The zero-order chi connectivity index (χ0) is 12.0. The molecule has 0 bridgehead atoms. The van der Waals surface area contributed by atoms with Crippen LogP contribution in [0.1, 0.15) is 12.0 Å². The summed E-state index contributed by atoms with van der Waals surface area (Å²) in [5.74, 6) is -0.261. The summed E-state index contributed by atoms with van der Waals surface area (Å²) in [7, 11) is 1.36. The van der Waals surface area contributed by atoms with Crippen LogP contribution in [0.15, 0.2) is 22.7 Å². The molecule has 16 heavy (non-hydrogen) atoms. The van der Waals surface area contributed by atoms with Gasteiger partial charge >= 0.3 is 5.97 Å². The highest BCUT2D eigenvalue weighted by molar-refractivity contribution is 9.10. The molecule has 0 aliphatic rings. The molecular weight excluding hydrogens is 272 g/mol. The second-order valence-corrected chi connectivity index (χ2v) is 4.01. The van der Waals surface area contributed by atoms with Crippen molar-refractivity contribution >= 4 is 27.6 Å². The van der Waals surface area contributed by atoms with Crippen LogP contribution in [0.2, 0.25) is 0 Å². The first-order valence-corrected chi connectivity index (χ1v) is 5.46. The van der Waals surface area contributed by atoms with E-state index in [-0.39, 0.29) is 5.97 Å². The van der Waals surface area contributed by atoms with Crippen molar-refractivity contribution in [1.82, 2.24) is 0 Å². The first-order valence-electron chi connectivity index (χ1n) is 4.67. The van der Waals surface area contributed by atoms with Gasteiger partial charge in [0.05, 0.1) is 25.2 Å². The van der Waals surface area contributed by atoms with E-state index in [0.29, 0.717) is 18.5 Å². The number of carbonyl (C=O) groups excluding carboxylic acids is 1. The number of nitrogens with zero attached hydrogens (tertiary/aromatic N) is 1. The fourth-order valence-electron chi connectivity index (χ4n) is 1.17. The van der Waals surface area contributed by atoms with Crippen molar-refractivity contribution in [2.75, 3.05) is 19.0 Å². The Morgan fingerprint density at radius 2 is 2.31 bits per heavy atom. The van der Waals surface area contributed by atoms with E-state index in [2.05, 4.69) is 32.1 Å². The van der Waals surface area contributed by atoms with Gasteiger partial charge in [0.1, 0.15) is 0 Å². The lowest BCUT2D eigenvalue weighted by molar-refractivity contribution is -0.140. The SMILES string of the molecule is COC(=O)CCNc1cc(Br)cc(C#N)c1. The standard InChI is InChI=1S/C11H11BrN2O2/c1-16-11(15)2-3-14-10-5-8(7-13)4-9(12)6-10/h4-6,14H,2-3H2,1H3. The molecule has 0 unspecified atom stereocenters. The molecule has 0 aliphatic carbocycles. The van der Waals surface area contributed by atoms with Gasteiger partial charge in [-0.1, -0.05) is 15.9 Å². The first kappa shape index (κ1) is 12.5. The van der Waals surface area contributed by atoms with Crippen molar-refractivity contribution in [1.29, 1.82) is 5.26 Å². The van der Waals surface area contributed by atoms with E-state index < -0.39 is 0 Å². The molecule has 1 aromatic carbocycles. The van der Waals surface area contributed by atoms with Crippen LogP contribution in [0.25, 0.3) is 0 Å². The van der Waals surface area contributed by atoms with Crippen molar-refractivity contribution < 1.29 is 9.53 Å². The highest BCUT2D eigenvalue weighted by Gasteiger charge is 2.01. The van der Waals surface area contributed by atoms with Gasteiger partial charge in [0.15, 0.2) is 0 Å². The minimum atomic E-state index is -0.261. The second-order valence-electron chi connectivity index (χ2n) is 3.09. The molecule has 1 rings (SSSR count). The van der Waals surface area contributed by atoms with Crippen LogP contribution < -0.4 is 5.32 Å². The quantitative estimate of drug-likeness (QED) is 0.861. The molecule has 84 valence electrons. The smallest absolute Gasteiger partial charge is 0.307 e. The third-order valence-corrected chi connectivity index (χ3v) is 2.37. The normalized spacial score (nSPS) is 9.31. The molecule has 1 aromatic rings. The molecular formula is C11H11BrN2O2. The van der Waals surface area contributed by atoms with Crippen molar-refractivity contribution in [3.63, 3.8) is 0 Å². The van der Waals surface area contributed by atoms with Gasteiger partial charge in [-0.25, -0.2) is 0 Å². The minimum absolute atomic E-state index is 0.261. The molecule has 0 amide bonds. The lowest BCUT2D eigenvalue weighted by atomic mass is 10.2. The molecule has 4 nitrogen and oxygen atoms in total. The largest absolute Gasteiger partial charge is 0.469 e. The van der Waals surface area contributed by atoms with Crippen LogP contribution in [0, 0.1) is 11.3 Å². The lowest BCUT2D eigenvalue weighted by Gasteiger charge is -2.06. The van der Waals surface area contributed by atoms with Gasteiger partial charge < -0.3 is 10.1 Å². The summed E-state index contributed by atoms with van der Waals surface area (Å²) in [6.07, 6.45) is 0.297. The van der Waals surface area contributed by atoms with Crippen LogP contribution in [-0.4, -0.2) is 19.6 Å². The Morgan fingerprint density at radius 1 is 1.56 bits per heavy atom. The molecule has 1 N–H and O–H groups in total. The molecule has 0 radical (unpaired) electrons. The third-order valence-electron chi connectivity index (χ3n) is 1.91. The number of nitrogens with one attached hydrogen (secondary N) is 1. The number of anilines is 1. The predicted molar refractivity (Wildman–Crippen MR) is 64.0 cm³/mol. The van der Waals surface area contributed by atoms with Gasteiger partial charge in [0, 0.05) is 16.7 Å². The van der Waals surface area contributed by atoms with Crippen LogP contribution in [0.5, 0.6) is 0 Å². The highest BCUT2D eigenvalue weighted by atomic mass is 79.9. The van der Waals surface area contributed by atoms with Gasteiger partial charge in [-0.2, -0.15) is 5.26 Å². The molecule has 5 heteroatoms. The second kappa shape index (κ2) is 6.13. The number of halogens is 1. The van der Waals surface area contributed by atoms with Crippen LogP contribution in [0.4, 0.5) is 5.69 Å². The third kappa shape index (κ3) is 3.91. The summed E-state index contributed by atoms with van der Waals surface area (Å²) in [6, 6.07) is 7.35. The molecule has 0 saturated heterocycles. The number of carbonyl (C=O) groups is 1. The molecule has 0 aromatic heterocycles. The maximum atomic E-state index is 10.9. The maximum absolute atomic E-state index is 10.9. The predicted octanol–water partition coefficient (Wildman–Crippen LogP) is 2.30. The summed E-state index contributed by atoms with van der Waals surface area (Å²) in [5.41, 5.74) is 1.37. The summed E-state index contributed by atoms with van der Waals surface area (Å²) in [6.45, 7) is 0.480. The summed E-state index contributed by atoms with van der Waals surface area (Å²) >= 11 is 3.31. The van der Waals surface area contributed by atoms with E-state index in [1.165, 1.54) is 7.11 Å². The average Bonchev–Trinajstić information content (AvgIpc) is 2.28. The Bertz CT molecular complexity index is 426. The average molecular weight is 283 g/mol.